The molecule has 0 saturated carbocycles. The fourth-order valence-corrected chi connectivity index (χ4v) is 4.45. The first-order valence-corrected chi connectivity index (χ1v) is 10.1. The van der Waals surface area contributed by atoms with Crippen molar-refractivity contribution in [2.75, 3.05) is 39.3 Å². The molecule has 2 fully saturated rings. The number of halogens is 3. The minimum Gasteiger partial charge on any atom is -0.340 e. The lowest BCUT2D eigenvalue weighted by molar-refractivity contribution is -0.134. The number of hydrogen-bond acceptors (Lipinski definition) is 5. The Kier molecular flexibility index (Phi) is 13.1. The Morgan fingerprint density at radius 3 is 2.41 bits per heavy atom. The first-order valence-electron chi connectivity index (χ1n) is 9.23. The van der Waals surface area contributed by atoms with E-state index >= 15 is 0 Å². The predicted octanol–water partition coefficient (Wildman–Crippen LogP) is 3.39. The van der Waals surface area contributed by atoms with Crippen LogP contribution in [0.15, 0.2) is 5.38 Å². The molecule has 0 aliphatic carbocycles. The van der Waals surface area contributed by atoms with E-state index in [9.17, 15) is 4.79 Å². The largest absolute Gasteiger partial charge is 0.340 e. The molecule has 1 N–H and O–H groups in total. The highest BCUT2D eigenvalue weighted by Crippen LogP contribution is 2.25. The molecule has 9 heteroatoms. The molecule has 1 unspecified atom stereocenters. The fourth-order valence-electron chi connectivity index (χ4n) is 3.85. The Morgan fingerprint density at radius 2 is 1.85 bits per heavy atom. The summed E-state index contributed by atoms with van der Waals surface area (Å²) >= 11 is 1.71. The van der Waals surface area contributed by atoms with E-state index in [4.69, 9.17) is 0 Å². The number of carbonyl (C=O) groups is 1. The van der Waals surface area contributed by atoms with Crippen molar-refractivity contribution in [3.05, 3.63) is 16.1 Å². The molecule has 2 aliphatic heterocycles. The Hall–Kier alpha value is -0.110. The summed E-state index contributed by atoms with van der Waals surface area (Å²) in [4.78, 5) is 21.6. The number of amides is 1. The molecular weight excluding hydrogens is 427 g/mol. The van der Waals surface area contributed by atoms with Crippen LogP contribution < -0.4 is 5.32 Å². The van der Waals surface area contributed by atoms with Crippen LogP contribution in [0.3, 0.4) is 0 Å². The van der Waals surface area contributed by atoms with Crippen molar-refractivity contribution >= 4 is 54.5 Å². The van der Waals surface area contributed by atoms with Crippen molar-refractivity contribution in [1.29, 1.82) is 0 Å². The maximum atomic E-state index is 12.6. The van der Waals surface area contributed by atoms with Crippen LogP contribution in [0.2, 0.25) is 0 Å². The minimum atomic E-state index is 0. The number of carbonyl (C=O) groups excluding carboxylic acids is 1. The number of aromatic nitrogens is 1. The molecule has 2 saturated heterocycles. The lowest BCUT2D eigenvalue weighted by Gasteiger charge is -2.36. The molecule has 1 atom stereocenters. The Morgan fingerprint density at radius 1 is 1.22 bits per heavy atom. The highest BCUT2D eigenvalue weighted by Gasteiger charge is 2.26. The molecule has 1 aromatic heterocycles. The van der Waals surface area contributed by atoms with Gasteiger partial charge >= 0.3 is 0 Å². The van der Waals surface area contributed by atoms with E-state index in [2.05, 4.69) is 32.4 Å². The third kappa shape index (κ3) is 8.03. The van der Waals surface area contributed by atoms with Gasteiger partial charge in [-0.05, 0) is 44.7 Å². The molecule has 3 rings (SSSR count). The van der Waals surface area contributed by atoms with Crippen molar-refractivity contribution in [1.82, 2.24) is 20.1 Å². The molecule has 0 bridgehead atoms. The van der Waals surface area contributed by atoms with Gasteiger partial charge in [0.15, 0.2) is 0 Å². The van der Waals surface area contributed by atoms with Crippen molar-refractivity contribution in [2.24, 2.45) is 11.8 Å². The third-order valence-corrected chi connectivity index (χ3v) is 6.28. The summed E-state index contributed by atoms with van der Waals surface area (Å²) in [6.45, 7) is 11.1. The van der Waals surface area contributed by atoms with E-state index in [0.29, 0.717) is 17.7 Å². The number of nitrogens with zero attached hydrogens (tertiary/aromatic N) is 3. The predicted molar refractivity (Wildman–Crippen MR) is 120 cm³/mol. The number of piperazine rings is 1. The minimum absolute atomic E-state index is 0. The molecule has 1 aromatic rings. The molecular formula is C18H33Cl3N4OS. The molecule has 0 aromatic carbocycles. The van der Waals surface area contributed by atoms with Gasteiger partial charge in [-0.2, -0.15) is 0 Å². The first kappa shape index (κ1) is 26.9. The molecule has 5 nitrogen and oxygen atoms in total. The number of hydrogen-bond donors (Lipinski definition) is 1. The number of aryl methyl sites for hydroxylation is 1. The fraction of sp³-hybridized carbons (Fsp3) is 0.778. The van der Waals surface area contributed by atoms with Crippen molar-refractivity contribution in [3.8, 4) is 0 Å². The first-order chi connectivity index (χ1) is 11.6. The Balaban J connectivity index is 0.00000225. The van der Waals surface area contributed by atoms with Crippen LogP contribution in [0.5, 0.6) is 0 Å². The zero-order chi connectivity index (χ0) is 16.9. The molecule has 0 radical (unpaired) electrons. The van der Waals surface area contributed by atoms with Crippen molar-refractivity contribution < 1.29 is 4.79 Å². The Labute approximate surface area is 185 Å². The summed E-state index contributed by atoms with van der Waals surface area (Å²) in [5.74, 6) is 1.57. The van der Waals surface area contributed by atoms with Crippen molar-refractivity contribution in [2.45, 2.75) is 39.7 Å². The van der Waals surface area contributed by atoms with Gasteiger partial charge in [0.25, 0.3) is 0 Å². The lowest BCUT2D eigenvalue weighted by atomic mass is 9.84. The van der Waals surface area contributed by atoms with Gasteiger partial charge < -0.3 is 10.2 Å². The van der Waals surface area contributed by atoms with Gasteiger partial charge in [-0.3, -0.25) is 9.69 Å². The van der Waals surface area contributed by atoms with Gasteiger partial charge in [0, 0.05) is 44.5 Å². The summed E-state index contributed by atoms with van der Waals surface area (Å²) in [6.07, 6.45) is 3.15. The lowest BCUT2D eigenvalue weighted by Crippen LogP contribution is -2.48. The zero-order valence-electron chi connectivity index (χ0n) is 16.2. The second-order valence-corrected chi connectivity index (χ2v) is 8.35. The highest BCUT2D eigenvalue weighted by atomic mass is 35.5. The summed E-state index contributed by atoms with van der Waals surface area (Å²) < 4.78 is 0. The van der Waals surface area contributed by atoms with E-state index in [1.54, 1.807) is 11.3 Å². The van der Waals surface area contributed by atoms with E-state index in [0.717, 1.165) is 62.9 Å². The molecule has 1 amide bonds. The quantitative estimate of drug-likeness (QED) is 0.733. The Bertz CT molecular complexity index is 546. The van der Waals surface area contributed by atoms with Crippen molar-refractivity contribution in [3.63, 3.8) is 0 Å². The van der Waals surface area contributed by atoms with E-state index in [1.165, 1.54) is 12.8 Å². The van der Waals surface area contributed by atoms with Crippen LogP contribution in [0.1, 0.15) is 36.9 Å². The van der Waals surface area contributed by atoms with Gasteiger partial charge in [-0.15, -0.1) is 48.6 Å². The highest BCUT2D eigenvalue weighted by molar-refractivity contribution is 7.09. The number of piperidine rings is 1. The molecule has 158 valence electrons. The molecule has 0 spiro atoms. The maximum Gasteiger partial charge on any atom is 0.222 e. The van der Waals surface area contributed by atoms with Gasteiger partial charge in [0.2, 0.25) is 5.91 Å². The molecule has 3 heterocycles. The van der Waals surface area contributed by atoms with Crippen LogP contribution >= 0.6 is 48.6 Å². The van der Waals surface area contributed by atoms with E-state index < -0.39 is 0 Å². The van der Waals surface area contributed by atoms with Gasteiger partial charge in [0.05, 0.1) is 10.7 Å². The van der Waals surface area contributed by atoms with Gasteiger partial charge in [0.1, 0.15) is 0 Å². The number of thiazole rings is 1. The average Bonchev–Trinajstić information content (AvgIpc) is 3.01. The third-order valence-electron chi connectivity index (χ3n) is 5.46. The normalized spacial score (nSPS) is 19.4. The van der Waals surface area contributed by atoms with Crippen LogP contribution in [0.25, 0.3) is 0 Å². The average molecular weight is 460 g/mol. The van der Waals surface area contributed by atoms with E-state index in [-0.39, 0.29) is 37.2 Å². The van der Waals surface area contributed by atoms with Gasteiger partial charge in [-0.1, -0.05) is 6.92 Å². The summed E-state index contributed by atoms with van der Waals surface area (Å²) in [7, 11) is 0. The maximum absolute atomic E-state index is 12.6. The monoisotopic (exact) mass is 458 g/mol. The number of nitrogens with one attached hydrogen (secondary N) is 1. The van der Waals surface area contributed by atoms with Crippen LogP contribution in [0.4, 0.5) is 0 Å². The topological polar surface area (TPSA) is 48.5 Å². The standard InChI is InChI=1S/C18H30N4OS.3ClH/c1-14(16-3-5-19-6-4-16)11-18(23)22-9-7-21(8-10-22)12-17-13-24-15(2)20-17;;;/h13-14,16,19H,3-12H2,1-2H3;3*1H. The molecule has 27 heavy (non-hydrogen) atoms. The van der Waals surface area contributed by atoms with Crippen LogP contribution in [-0.2, 0) is 11.3 Å². The van der Waals surface area contributed by atoms with E-state index in [1.807, 2.05) is 6.92 Å². The smallest absolute Gasteiger partial charge is 0.222 e. The summed E-state index contributed by atoms with van der Waals surface area (Å²) in [5.41, 5.74) is 1.16. The van der Waals surface area contributed by atoms with Crippen LogP contribution in [0, 0.1) is 18.8 Å². The summed E-state index contributed by atoms with van der Waals surface area (Å²) in [5, 5.41) is 6.68. The second kappa shape index (κ2) is 13.2. The molecule has 2 aliphatic rings. The number of rotatable bonds is 5. The zero-order valence-corrected chi connectivity index (χ0v) is 19.5. The summed E-state index contributed by atoms with van der Waals surface area (Å²) in [6, 6.07) is 0. The second-order valence-electron chi connectivity index (χ2n) is 7.28. The van der Waals surface area contributed by atoms with Crippen LogP contribution in [-0.4, -0.2) is 60.0 Å². The van der Waals surface area contributed by atoms with Gasteiger partial charge in [-0.25, -0.2) is 4.98 Å². The SMILES string of the molecule is Cc1nc(CN2CCN(C(=O)CC(C)C3CCNCC3)CC2)cs1.Cl.Cl.Cl.